The molecule has 1 heterocycles. The van der Waals surface area contributed by atoms with Gasteiger partial charge in [0.05, 0.1) is 11.6 Å². The molecule has 0 radical (unpaired) electrons. The van der Waals surface area contributed by atoms with E-state index in [1.807, 2.05) is 42.5 Å². The maximum absolute atomic E-state index is 12.3. The number of carbonyl (C=O) groups excluding carboxylic acids is 1. The van der Waals surface area contributed by atoms with E-state index in [2.05, 4.69) is 16.3 Å². The predicted molar refractivity (Wildman–Crippen MR) is 108 cm³/mol. The van der Waals surface area contributed by atoms with Gasteiger partial charge in [0, 0.05) is 12.1 Å². The number of hydrogen-bond acceptors (Lipinski definition) is 3. The fourth-order valence-electron chi connectivity index (χ4n) is 3.58. The highest BCUT2D eigenvalue weighted by molar-refractivity contribution is 5.94. The molecule has 0 spiro atoms. The molecule has 0 bridgehead atoms. The van der Waals surface area contributed by atoms with E-state index in [0.717, 1.165) is 30.5 Å². The smallest absolute Gasteiger partial charge is 0.251 e. The molecule has 1 N–H and O–H groups in total. The molecule has 4 heteroatoms. The lowest BCUT2D eigenvalue weighted by Gasteiger charge is -2.26. The third kappa shape index (κ3) is 5.42. The summed E-state index contributed by atoms with van der Waals surface area (Å²) in [6.07, 6.45) is 6.16. The summed E-state index contributed by atoms with van der Waals surface area (Å²) >= 11 is 0. The first-order valence-corrected chi connectivity index (χ1v) is 9.88. The Labute approximate surface area is 161 Å². The monoisotopic (exact) mass is 361 g/mol. The second-order valence-electron chi connectivity index (χ2n) is 7.10. The van der Waals surface area contributed by atoms with Crippen LogP contribution in [-0.2, 0) is 0 Å². The molecule has 1 saturated heterocycles. The zero-order chi connectivity index (χ0) is 18.9. The van der Waals surface area contributed by atoms with Gasteiger partial charge in [-0.3, -0.25) is 4.79 Å². The van der Waals surface area contributed by atoms with Crippen LogP contribution in [0, 0.1) is 11.3 Å². The van der Waals surface area contributed by atoms with Crippen LogP contribution in [0.15, 0.2) is 48.5 Å². The van der Waals surface area contributed by atoms with Crippen LogP contribution in [0.5, 0.6) is 0 Å². The summed E-state index contributed by atoms with van der Waals surface area (Å²) in [4.78, 5) is 14.8. The molecule has 0 aromatic heterocycles. The van der Waals surface area contributed by atoms with Crippen molar-refractivity contribution in [3.05, 3.63) is 59.7 Å². The molecule has 4 nitrogen and oxygen atoms in total. The summed E-state index contributed by atoms with van der Waals surface area (Å²) < 4.78 is 0. The van der Waals surface area contributed by atoms with Gasteiger partial charge in [-0.2, -0.15) is 5.26 Å². The van der Waals surface area contributed by atoms with Crippen molar-refractivity contribution < 1.29 is 4.79 Å². The molecule has 1 fully saturated rings. The zero-order valence-corrected chi connectivity index (χ0v) is 15.8. The second kappa shape index (κ2) is 9.89. The lowest BCUT2D eigenvalue weighted by Crippen LogP contribution is -2.31. The molecule has 0 atom stereocenters. The van der Waals surface area contributed by atoms with Crippen molar-refractivity contribution in [3.8, 4) is 17.2 Å². The van der Waals surface area contributed by atoms with E-state index < -0.39 is 0 Å². The topological polar surface area (TPSA) is 56.1 Å². The van der Waals surface area contributed by atoms with Crippen LogP contribution in [-0.4, -0.2) is 37.0 Å². The van der Waals surface area contributed by atoms with Crippen LogP contribution in [0.3, 0.4) is 0 Å². The van der Waals surface area contributed by atoms with Crippen molar-refractivity contribution in [1.82, 2.24) is 10.2 Å². The van der Waals surface area contributed by atoms with Crippen LogP contribution >= 0.6 is 0 Å². The average Bonchev–Trinajstić information content (AvgIpc) is 2.74. The summed E-state index contributed by atoms with van der Waals surface area (Å²) in [7, 11) is 0. The Morgan fingerprint density at radius 2 is 1.74 bits per heavy atom. The maximum Gasteiger partial charge on any atom is 0.251 e. The minimum absolute atomic E-state index is 0.0342. The molecular weight excluding hydrogens is 334 g/mol. The third-order valence-corrected chi connectivity index (χ3v) is 5.14. The molecule has 0 aliphatic carbocycles. The number of benzene rings is 2. The number of rotatable bonds is 7. The number of likely N-dealkylation sites (tertiary alicyclic amines) is 1. The van der Waals surface area contributed by atoms with Crippen LogP contribution < -0.4 is 5.32 Å². The SMILES string of the molecule is N#Cc1ccccc1-c1ccc(C(=O)NCCCCN2CCCCC2)cc1. The van der Waals surface area contributed by atoms with Crippen molar-refractivity contribution in [2.45, 2.75) is 32.1 Å². The highest BCUT2D eigenvalue weighted by atomic mass is 16.1. The first-order valence-electron chi connectivity index (χ1n) is 9.88. The van der Waals surface area contributed by atoms with E-state index in [4.69, 9.17) is 0 Å². The Bertz CT molecular complexity index is 786. The van der Waals surface area contributed by atoms with E-state index in [1.165, 1.54) is 32.4 Å². The number of nitriles is 1. The maximum atomic E-state index is 12.3. The van der Waals surface area contributed by atoms with E-state index in [-0.39, 0.29) is 5.91 Å². The van der Waals surface area contributed by atoms with Gasteiger partial charge in [0.15, 0.2) is 0 Å². The van der Waals surface area contributed by atoms with Crippen LogP contribution in [0.2, 0.25) is 0 Å². The Hall–Kier alpha value is -2.64. The van der Waals surface area contributed by atoms with E-state index in [9.17, 15) is 10.1 Å². The number of nitrogens with one attached hydrogen (secondary N) is 1. The number of amides is 1. The number of nitrogens with zero attached hydrogens (tertiary/aromatic N) is 2. The molecule has 3 rings (SSSR count). The summed E-state index contributed by atoms with van der Waals surface area (Å²) in [5, 5.41) is 12.2. The van der Waals surface area contributed by atoms with Crippen LogP contribution in [0.25, 0.3) is 11.1 Å². The second-order valence-corrected chi connectivity index (χ2v) is 7.10. The molecule has 0 saturated carbocycles. The van der Waals surface area contributed by atoms with Crippen molar-refractivity contribution in [2.75, 3.05) is 26.2 Å². The van der Waals surface area contributed by atoms with Gasteiger partial charge < -0.3 is 10.2 Å². The molecule has 0 unspecified atom stereocenters. The first kappa shape index (κ1) is 19.1. The van der Waals surface area contributed by atoms with Gasteiger partial charge in [-0.05, 0) is 74.6 Å². The van der Waals surface area contributed by atoms with Crippen LogP contribution in [0.1, 0.15) is 48.0 Å². The summed E-state index contributed by atoms with van der Waals surface area (Å²) in [6.45, 7) is 4.32. The summed E-state index contributed by atoms with van der Waals surface area (Å²) in [5.41, 5.74) is 3.14. The van der Waals surface area contributed by atoms with Gasteiger partial charge in [0.1, 0.15) is 0 Å². The number of unbranched alkanes of at least 4 members (excludes halogenated alkanes) is 1. The van der Waals surface area contributed by atoms with Crippen molar-refractivity contribution >= 4 is 5.91 Å². The van der Waals surface area contributed by atoms with Gasteiger partial charge in [0.2, 0.25) is 0 Å². The van der Waals surface area contributed by atoms with E-state index in [0.29, 0.717) is 17.7 Å². The van der Waals surface area contributed by atoms with E-state index in [1.54, 1.807) is 6.07 Å². The van der Waals surface area contributed by atoms with Crippen molar-refractivity contribution in [2.24, 2.45) is 0 Å². The highest BCUT2D eigenvalue weighted by Gasteiger charge is 2.10. The number of carbonyl (C=O) groups is 1. The Morgan fingerprint density at radius 3 is 2.48 bits per heavy atom. The van der Waals surface area contributed by atoms with E-state index >= 15 is 0 Å². The van der Waals surface area contributed by atoms with Gasteiger partial charge in [-0.25, -0.2) is 0 Å². The Morgan fingerprint density at radius 1 is 1.00 bits per heavy atom. The first-order chi connectivity index (χ1) is 13.3. The van der Waals surface area contributed by atoms with Gasteiger partial charge >= 0.3 is 0 Å². The molecule has 140 valence electrons. The largest absolute Gasteiger partial charge is 0.352 e. The normalized spacial score (nSPS) is 14.5. The molecule has 27 heavy (non-hydrogen) atoms. The third-order valence-electron chi connectivity index (χ3n) is 5.14. The Kier molecular flexibility index (Phi) is 7.01. The molecule has 1 aliphatic heterocycles. The Balaban J connectivity index is 1.45. The predicted octanol–water partition coefficient (Wildman–Crippen LogP) is 4.22. The molecule has 2 aromatic carbocycles. The lowest BCUT2D eigenvalue weighted by molar-refractivity contribution is 0.0952. The van der Waals surface area contributed by atoms with Crippen molar-refractivity contribution in [3.63, 3.8) is 0 Å². The fourth-order valence-corrected chi connectivity index (χ4v) is 3.58. The number of piperidine rings is 1. The molecular formula is C23H27N3O. The van der Waals surface area contributed by atoms with Crippen molar-refractivity contribution in [1.29, 1.82) is 5.26 Å². The summed E-state index contributed by atoms with van der Waals surface area (Å²) in [5.74, 6) is -0.0342. The van der Waals surface area contributed by atoms with Gasteiger partial charge in [-0.15, -0.1) is 0 Å². The standard InChI is InChI=1S/C23H27N3O/c24-18-21-8-2-3-9-22(21)19-10-12-20(13-11-19)23(27)25-14-4-7-17-26-15-5-1-6-16-26/h2-3,8-13H,1,4-7,14-17H2,(H,25,27). The fraction of sp³-hybridized carbons (Fsp3) is 0.391. The summed E-state index contributed by atoms with van der Waals surface area (Å²) in [6, 6.07) is 17.2. The molecule has 1 aliphatic rings. The lowest BCUT2D eigenvalue weighted by atomic mass is 9.99. The van der Waals surface area contributed by atoms with Crippen LogP contribution in [0.4, 0.5) is 0 Å². The van der Waals surface area contributed by atoms with Gasteiger partial charge in [0.25, 0.3) is 5.91 Å². The minimum Gasteiger partial charge on any atom is -0.352 e. The van der Waals surface area contributed by atoms with Gasteiger partial charge in [-0.1, -0.05) is 36.8 Å². The quantitative estimate of drug-likeness (QED) is 0.751. The number of hydrogen-bond donors (Lipinski definition) is 1. The average molecular weight is 361 g/mol. The minimum atomic E-state index is -0.0342. The molecule has 1 amide bonds. The zero-order valence-electron chi connectivity index (χ0n) is 15.8. The highest BCUT2D eigenvalue weighted by Crippen LogP contribution is 2.23. The molecule has 2 aromatic rings.